The fourth-order valence-corrected chi connectivity index (χ4v) is 2.01. The van der Waals surface area contributed by atoms with Gasteiger partial charge in [-0.25, -0.2) is 9.97 Å². The summed E-state index contributed by atoms with van der Waals surface area (Å²) in [4.78, 5) is 10.5. The van der Waals surface area contributed by atoms with Crippen molar-refractivity contribution in [3.63, 3.8) is 0 Å². The molecule has 6 heteroatoms. The fourth-order valence-electron chi connectivity index (χ4n) is 2.01. The third-order valence-corrected chi connectivity index (χ3v) is 3.11. The Bertz CT molecular complexity index is 552. The maximum Gasteiger partial charge on any atom is 0.257 e. The van der Waals surface area contributed by atoms with Gasteiger partial charge in [-0.15, -0.1) is 0 Å². The SMILES string of the molecule is CCn1ncc(CN(C)c2nccnc2OC)c1C. The second kappa shape index (κ2) is 5.69. The van der Waals surface area contributed by atoms with E-state index in [4.69, 9.17) is 4.74 Å². The van der Waals surface area contributed by atoms with Crippen LogP contribution in [0.25, 0.3) is 0 Å². The van der Waals surface area contributed by atoms with E-state index in [1.165, 1.54) is 11.3 Å². The minimum atomic E-state index is 0.533. The molecule has 0 saturated carbocycles. The molecule has 2 aromatic heterocycles. The standard InChI is InChI=1S/C13H19N5O/c1-5-18-10(2)11(8-16-18)9-17(3)12-13(19-4)15-7-6-14-12/h6-8H,5,9H2,1-4H3. The summed E-state index contributed by atoms with van der Waals surface area (Å²) in [7, 11) is 3.57. The molecule has 2 aromatic rings. The molecule has 2 heterocycles. The van der Waals surface area contributed by atoms with Crippen molar-refractivity contribution < 1.29 is 4.74 Å². The summed E-state index contributed by atoms with van der Waals surface area (Å²) in [6.07, 6.45) is 5.19. The normalized spacial score (nSPS) is 10.5. The lowest BCUT2D eigenvalue weighted by molar-refractivity contribution is 0.396. The molecule has 0 aliphatic carbocycles. The van der Waals surface area contributed by atoms with Gasteiger partial charge in [0.15, 0.2) is 5.82 Å². The van der Waals surface area contributed by atoms with Crippen LogP contribution in [0.15, 0.2) is 18.6 Å². The average Bonchev–Trinajstić information content (AvgIpc) is 2.79. The summed E-state index contributed by atoms with van der Waals surface area (Å²) in [5.41, 5.74) is 2.36. The number of hydrogen-bond donors (Lipinski definition) is 0. The molecule has 0 aromatic carbocycles. The highest BCUT2D eigenvalue weighted by Gasteiger charge is 2.13. The molecule has 0 N–H and O–H groups in total. The highest BCUT2D eigenvalue weighted by molar-refractivity contribution is 5.47. The van der Waals surface area contributed by atoms with Crippen LogP contribution in [0.2, 0.25) is 0 Å². The molecule has 102 valence electrons. The molecule has 0 spiro atoms. The van der Waals surface area contributed by atoms with E-state index in [9.17, 15) is 0 Å². The van der Waals surface area contributed by atoms with Gasteiger partial charge in [0.25, 0.3) is 5.88 Å². The van der Waals surface area contributed by atoms with Crippen LogP contribution in [-0.4, -0.2) is 33.9 Å². The summed E-state index contributed by atoms with van der Waals surface area (Å²) in [6, 6.07) is 0. The zero-order valence-corrected chi connectivity index (χ0v) is 11.8. The molecule has 19 heavy (non-hydrogen) atoms. The van der Waals surface area contributed by atoms with Crippen molar-refractivity contribution >= 4 is 5.82 Å². The minimum absolute atomic E-state index is 0.533. The third kappa shape index (κ3) is 2.67. The van der Waals surface area contributed by atoms with Crippen molar-refractivity contribution in [1.82, 2.24) is 19.7 Å². The molecule has 0 aliphatic heterocycles. The van der Waals surface area contributed by atoms with Gasteiger partial charge >= 0.3 is 0 Å². The van der Waals surface area contributed by atoms with Crippen molar-refractivity contribution in [2.45, 2.75) is 26.9 Å². The number of ether oxygens (including phenoxy) is 1. The smallest absolute Gasteiger partial charge is 0.257 e. The van der Waals surface area contributed by atoms with Gasteiger partial charge in [0, 0.05) is 43.8 Å². The van der Waals surface area contributed by atoms with Crippen LogP contribution in [0, 0.1) is 6.92 Å². The molecule has 0 unspecified atom stereocenters. The largest absolute Gasteiger partial charge is 0.478 e. The molecule has 2 rings (SSSR count). The van der Waals surface area contributed by atoms with Crippen LogP contribution in [-0.2, 0) is 13.1 Å². The Labute approximate surface area is 113 Å². The van der Waals surface area contributed by atoms with Crippen LogP contribution in [0.5, 0.6) is 5.88 Å². The number of aromatic nitrogens is 4. The van der Waals surface area contributed by atoms with E-state index in [1.54, 1.807) is 19.5 Å². The minimum Gasteiger partial charge on any atom is -0.478 e. The Morgan fingerprint density at radius 1 is 1.32 bits per heavy atom. The second-order valence-corrected chi connectivity index (χ2v) is 4.32. The first-order chi connectivity index (χ1) is 9.17. The molecule has 0 atom stereocenters. The van der Waals surface area contributed by atoms with Gasteiger partial charge in [-0.1, -0.05) is 0 Å². The van der Waals surface area contributed by atoms with Crippen LogP contribution in [0.3, 0.4) is 0 Å². The number of aryl methyl sites for hydroxylation is 1. The number of methoxy groups -OCH3 is 1. The zero-order chi connectivity index (χ0) is 13.8. The van der Waals surface area contributed by atoms with E-state index in [2.05, 4.69) is 28.9 Å². The van der Waals surface area contributed by atoms with Gasteiger partial charge in [0.05, 0.1) is 13.3 Å². The highest BCUT2D eigenvalue weighted by atomic mass is 16.5. The number of hydrogen-bond acceptors (Lipinski definition) is 5. The second-order valence-electron chi connectivity index (χ2n) is 4.32. The lowest BCUT2D eigenvalue weighted by atomic mass is 10.2. The molecule has 0 radical (unpaired) electrons. The molecular formula is C13H19N5O. The molecule has 0 saturated heterocycles. The zero-order valence-electron chi connectivity index (χ0n) is 11.8. The lowest BCUT2D eigenvalue weighted by Gasteiger charge is -2.19. The van der Waals surface area contributed by atoms with Gasteiger partial charge in [0.1, 0.15) is 0 Å². The van der Waals surface area contributed by atoms with E-state index in [1.807, 2.05) is 22.8 Å². The molecule has 0 fully saturated rings. The summed E-state index contributed by atoms with van der Waals surface area (Å²) < 4.78 is 7.21. The van der Waals surface area contributed by atoms with Gasteiger partial charge in [-0.2, -0.15) is 5.10 Å². The molecule has 6 nitrogen and oxygen atoms in total. The summed E-state index contributed by atoms with van der Waals surface area (Å²) in [6.45, 7) is 5.76. The topological polar surface area (TPSA) is 56.1 Å². The van der Waals surface area contributed by atoms with Crippen LogP contribution in [0.4, 0.5) is 5.82 Å². The Morgan fingerprint density at radius 2 is 2.05 bits per heavy atom. The van der Waals surface area contributed by atoms with E-state index < -0.39 is 0 Å². The maximum absolute atomic E-state index is 5.22. The monoisotopic (exact) mass is 261 g/mol. The predicted octanol–water partition coefficient (Wildman–Crippen LogP) is 1.65. The molecular weight excluding hydrogens is 242 g/mol. The molecule has 0 aliphatic rings. The summed E-state index contributed by atoms with van der Waals surface area (Å²) in [5, 5.41) is 4.35. The Kier molecular flexibility index (Phi) is 3.99. The van der Waals surface area contributed by atoms with E-state index >= 15 is 0 Å². The van der Waals surface area contributed by atoms with Crippen LogP contribution >= 0.6 is 0 Å². The maximum atomic E-state index is 5.22. The van der Waals surface area contributed by atoms with E-state index in [-0.39, 0.29) is 0 Å². The van der Waals surface area contributed by atoms with Crippen molar-refractivity contribution in [3.8, 4) is 5.88 Å². The van der Waals surface area contributed by atoms with Gasteiger partial charge in [0.2, 0.25) is 0 Å². The third-order valence-electron chi connectivity index (χ3n) is 3.11. The summed E-state index contributed by atoms with van der Waals surface area (Å²) >= 11 is 0. The number of anilines is 1. The summed E-state index contributed by atoms with van der Waals surface area (Å²) in [5.74, 6) is 1.26. The molecule has 0 bridgehead atoms. The van der Waals surface area contributed by atoms with Gasteiger partial charge < -0.3 is 9.64 Å². The van der Waals surface area contributed by atoms with Crippen molar-refractivity contribution in [3.05, 3.63) is 29.8 Å². The highest BCUT2D eigenvalue weighted by Crippen LogP contribution is 2.22. The van der Waals surface area contributed by atoms with E-state index in [0.29, 0.717) is 5.88 Å². The fraction of sp³-hybridized carbons (Fsp3) is 0.462. The Hall–Kier alpha value is -2.11. The number of rotatable bonds is 5. The van der Waals surface area contributed by atoms with Crippen molar-refractivity contribution in [2.75, 3.05) is 19.1 Å². The van der Waals surface area contributed by atoms with Crippen LogP contribution < -0.4 is 9.64 Å². The first kappa shape index (κ1) is 13.3. The predicted molar refractivity (Wildman–Crippen MR) is 73.3 cm³/mol. The lowest BCUT2D eigenvalue weighted by Crippen LogP contribution is -2.19. The first-order valence-corrected chi connectivity index (χ1v) is 6.24. The average molecular weight is 261 g/mol. The van der Waals surface area contributed by atoms with Crippen molar-refractivity contribution in [1.29, 1.82) is 0 Å². The quantitative estimate of drug-likeness (QED) is 0.819. The van der Waals surface area contributed by atoms with E-state index in [0.717, 1.165) is 18.9 Å². The first-order valence-electron chi connectivity index (χ1n) is 6.24. The molecule has 0 amide bonds. The number of nitrogens with zero attached hydrogens (tertiary/aromatic N) is 5. The van der Waals surface area contributed by atoms with Crippen molar-refractivity contribution in [2.24, 2.45) is 0 Å². The van der Waals surface area contributed by atoms with Crippen LogP contribution in [0.1, 0.15) is 18.2 Å². The van der Waals surface area contributed by atoms with Gasteiger partial charge in [-0.05, 0) is 13.8 Å². The Balaban J connectivity index is 2.20. The van der Waals surface area contributed by atoms with Gasteiger partial charge in [-0.3, -0.25) is 4.68 Å². The Morgan fingerprint density at radius 3 is 2.68 bits per heavy atom.